The topological polar surface area (TPSA) is 75.2 Å². The maximum atomic E-state index is 7.31. The van der Waals surface area contributed by atoms with Gasteiger partial charge in [-0.3, -0.25) is 5.41 Å². The first-order valence-electron chi connectivity index (χ1n) is 6.24. The quantitative estimate of drug-likeness (QED) is 0.573. The lowest BCUT2D eigenvalue weighted by atomic mass is 10.2. The molecule has 0 unspecified atom stereocenters. The van der Waals surface area contributed by atoms with Crippen molar-refractivity contribution in [2.45, 2.75) is 33.2 Å². The number of nitrogens with two attached hydrogens (primary N) is 1. The fourth-order valence-corrected chi connectivity index (χ4v) is 1.67. The summed E-state index contributed by atoms with van der Waals surface area (Å²) in [5.74, 6) is 1.68. The molecule has 0 aliphatic heterocycles. The van der Waals surface area contributed by atoms with E-state index in [0.29, 0.717) is 31.5 Å². The summed E-state index contributed by atoms with van der Waals surface area (Å²) in [5, 5.41) is 7.31. The van der Waals surface area contributed by atoms with Crippen LogP contribution in [-0.2, 0) is 0 Å². The van der Waals surface area contributed by atoms with Crippen molar-refractivity contribution in [2.24, 2.45) is 5.73 Å². The number of rotatable bonds is 7. The van der Waals surface area contributed by atoms with E-state index in [9.17, 15) is 0 Å². The standard InChI is InChI=1S/C13H22N4O/c1-4-18-13-7-5-6-12(16-13)17(10(2)3)9-8-11(14)15/h5-7,10H,4,8-9H2,1-3H3,(H3,14,15). The first-order valence-corrected chi connectivity index (χ1v) is 6.24. The van der Waals surface area contributed by atoms with Gasteiger partial charge >= 0.3 is 0 Å². The number of anilines is 1. The number of nitrogens with zero attached hydrogens (tertiary/aromatic N) is 2. The highest BCUT2D eigenvalue weighted by Crippen LogP contribution is 2.18. The van der Waals surface area contributed by atoms with Crippen LogP contribution in [0, 0.1) is 5.41 Å². The van der Waals surface area contributed by atoms with Gasteiger partial charge in [0.25, 0.3) is 0 Å². The second-order valence-electron chi connectivity index (χ2n) is 4.33. The molecule has 5 nitrogen and oxygen atoms in total. The molecule has 0 amide bonds. The Morgan fingerprint density at radius 2 is 2.22 bits per heavy atom. The number of aromatic nitrogens is 1. The lowest BCUT2D eigenvalue weighted by Gasteiger charge is -2.27. The minimum absolute atomic E-state index is 0.196. The highest BCUT2D eigenvalue weighted by Gasteiger charge is 2.12. The number of amidine groups is 1. The van der Waals surface area contributed by atoms with Gasteiger partial charge in [-0.1, -0.05) is 6.07 Å². The van der Waals surface area contributed by atoms with Crippen LogP contribution in [0.2, 0.25) is 0 Å². The molecule has 3 N–H and O–H groups in total. The molecule has 5 heteroatoms. The average molecular weight is 250 g/mol. The predicted molar refractivity (Wildman–Crippen MR) is 74.4 cm³/mol. The van der Waals surface area contributed by atoms with Gasteiger partial charge in [0.05, 0.1) is 12.4 Å². The Hall–Kier alpha value is -1.78. The molecule has 1 heterocycles. The molecule has 0 aromatic carbocycles. The van der Waals surface area contributed by atoms with Crippen molar-refractivity contribution >= 4 is 11.7 Å². The molecule has 1 aromatic heterocycles. The van der Waals surface area contributed by atoms with Crippen LogP contribution in [0.3, 0.4) is 0 Å². The fraction of sp³-hybridized carbons (Fsp3) is 0.538. The monoisotopic (exact) mass is 250 g/mol. The first-order chi connectivity index (χ1) is 8.54. The number of pyridine rings is 1. The van der Waals surface area contributed by atoms with E-state index in [2.05, 4.69) is 23.7 Å². The molecule has 0 atom stereocenters. The highest BCUT2D eigenvalue weighted by atomic mass is 16.5. The van der Waals surface area contributed by atoms with E-state index in [1.165, 1.54) is 0 Å². The van der Waals surface area contributed by atoms with Gasteiger partial charge < -0.3 is 15.4 Å². The normalized spacial score (nSPS) is 10.4. The van der Waals surface area contributed by atoms with Crippen LogP contribution >= 0.6 is 0 Å². The van der Waals surface area contributed by atoms with Crippen LogP contribution in [-0.4, -0.2) is 30.0 Å². The Balaban J connectivity index is 2.84. The number of nitrogens with one attached hydrogen (secondary N) is 1. The van der Waals surface area contributed by atoms with Crippen LogP contribution in [0.4, 0.5) is 5.82 Å². The molecule has 0 spiro atoms. The largest absolute Gasteiger partial charge is 0.478 e. The van der Waals surface area contributed by atoms with Gasteiger partial charge in [0.1, 0.15) is 5.82 Å². The number of ether oxygens (including phenoxy) is 1. The molecule has 0 saturated heterocycles. The van der Waals surface area contributed by atoms with Crippen LogP contribution < -0.4 is 15.4 Å². The zero-order valence-electron chi connectivity index (χ0n) is 11.3. The molecule has 100 valence electrons. The predicted octanol–water partition coefficient (Wildman–Crippen LogP) is 2.02. The summed E-state index contributed by atoms with van der Waals surface area (Å²) in [6.45, 7) is 7.41. The van der Waals surface area contributed by atoms with Crippen molar-refractivity contribution in [1.29, 1.82) is 5.41 Å². The molecule has 0 fully saturated rings. The molecular formula is C13H22N4O. The minimum atomic E-state index is 0.196. The number of hydrogen-bond acceptors (Lipinski definition) is 4. The molecule has 1 aromatic rings. The maximum absolute atomic E-state index is 7.31. The molecule has 18 heavy (non-hydrogen) atoms. The van der Waals surface area contributed by atoms with Gasteiger partial charge in [0.2, 0.25) is 5.88 Å². The van der Waals surface area contributed by atoms with Gasteiger partial charge in [0.15, 0.2) is 0 Å². The van der Waals surface area contributed by atoms with Gasteiger partial charge in [-0.25, -0.2) is 0 Å². The average Bonchev–Trinajstić information content (AvgIpc) is 2.29. The third kappa shape index (κ3) is 4.24. The Morgan fingerprint density at radius 3 is 2.78 bits per heavy atom. The Morgan fingerprint density at radius 1 is 1.50 bits per heavy atom. The third-order valence-corrected chi connectivity index (χ3v) is 2.54. The Bertz CT molecular complexity index is 392. The van der Waals surface area contributed by atoms with E-state index < -0.39 is 0 Å². The molecule has 0 bridgehead atoms. The van der Waals surface area contributed by atoms with Gasteiger partial charge in [-0.05, 0) is 26.8 Å². The van der Waals surface area contributed by atoms with E-state index >= 15 is 0 Å². The van der Waals surface area contributed by atoms with Crippen LogP contribution in [0.1, 0.15) is 27.2 Å². The fourth-order valence-electron chi connectivity index (χ4n) is 1.67. The van der Waals surface area contributed by atoms with Crippen molar-refractivity contribution < 1.29 is 4.74 Å². The first kappa shape index (κ1) is 14.3. The molecule has 1 rings (SSSR count). The van der Waals surface area contributed by atoms with E-state index in [0.717, 1.165) is 5.82 Å². The zero-order chi connectivity index (χ0) is 13.5. The SMILES string of the molecule is CCOc1cccc(N(CCC(=N)N)C(C)C)n1. The Kier molecular flexibility index (Phi) is 5.42. The summed E-state index contributed by atoms with van der Waals surface area (Å²) < 4.78 is 5.40. The highest BCUT2D eigenvalue weighted by molar-refractivity contribution is 5.77. The van der Waals surface area contributed by atoms with Crippen molar-refractivity contribution in [3.63, 3.8) is 0 Å². The molecule has 0 aliphatic rings. The molecule has 0 saturated carbocycles. The maximum Gasteiger partial charge on any atom is 0.215 e. The summed E-state index contributed by atoms with van der Waals surface area (Å²) in [6, 6.07) is 6.02. The van der Waals surface area contributed by atoms with Gasteiger partial charge in [-0.15, -0.1) is 0 Å². The van der Waals surface area contributed by atoms with Crippen molar-refractivity contribution in [1.82, 2.24) is 4.98 Å². The molecular weight excluding hydrogens is 228 g/mol. The summed E-state index contributed by atoms with van der Waals surface area (Å²) in [7, 11) is 0. The minimum Gasteiger partial charge on any atom is -0.478 e. The van der Waals surface area contributed by atoms with E-state index in [1.54, 1.807) is 0 Å². The zero-order valence-corrected chi connectivity index (χ0v) is 11.3. The van der Waals surface area contributed by atoms with Crippen LogP contribution in [0.5, 0.6) is 5.88 Å². The molecule has 0 radical (unpaired) electrons. The lowest BCUT2D eigenvalue weighted by molar-refractivity contribution is 0.327. The summed E-state index contributed by atoms with van der Waals surface area (Å²) in [4.78, 5) is 6.57. The van der Waals surface area contributed by atoms with Crippen LogP contribution in [0.15, 0.2) is 18.2 Å². The van der Waals surface area contributed by atoms with E-state index in [-0.39, 0.29) is 5.84 Å². The number of hydrogen-bond donors (Lipinski definition) is 2. The van der Waals surface area contributed by atoms with Crippen molar-refractivity contribution in [3.05, 3.63) is 18.2 Å². The molecule has 0 aliphatic carbocycles. The Labute approximate surface area is 108 Å². The second kappa shape index (κ2) is 6.83. The van der Waals surface area contributed by atoms with Gasteiger partial charge in [-0.2, -0.15) is 4.98 Å². The van der Waals surface area contributed by atoms with E-state index in [4.69, 9.17) is 15.9 Å². The third-order valence-electron chi connectivity index (χ3n) is 2.54. The lowest BCUT2D eigenvalue weighted by Crippen LogP contribution is -2.34. The van der Waals surface area contributed by atoms with E-state index in [1.807, 2.05) is 25.1 Å². The second-order valence-corrected chi connectivity index (χ2v) is 4.33. The van der Waals surface area contributed by atoms with Crippen molar-refractivity contribution in [3.8, 4) is 5.88 Å². The smallest absolute Gasteiger partial charge is 0.215 e. The van der Waals surface area contributed by atoms with Gasteiger partial charge in [0, 0.05) is 25.1 Å². The summed E-state index contributed by atoms with van der Waals surface area (Å²) in [5.41, 5.74) is 5.41. The summed E-state index contributed by atoms with van der Waals surface area (Å²) >= 11 is 0. The summed E-state index contributed by atoms with van der Waals surface area (Å²) in [6.07, 6.45) is 0.540. The van der Waals surface area contributed by atoms with Crippen LogP contribution in [0.25, 0.3) is 0 Å². The van der Waals surface area contributed by atoms with Crippen molar-refractivity contribution in [2.75, 3.05) is 18.1 Å².